The van der Waals surface area contributed by atoms with E-state index in [9.17, 15) is 0 Å². The Morgan fingerprint density at radius 2 is 2.05 bits per heavy atom. The number of hydrogen-bond donors (Lipinski definition) is 1. The lowest BCUT2D eigenvalue weighted by molar-refractivity contribution is 0.198. The second-order valence-electron chi connectivity index (χ2n) is 5.29. The van der Waals surface area contributed by atoms with Gasteiger partial charge in [-0.1, -0.05) is 30.3 Å². The fourth-order valence-electron chi connectivity index (χ4n) is 2.53. The summed E-state index contributed by atoms with van der Waals surface area (Å²) in [5.41, 5.74) is 2.68. The van der Waals surface area contributed by atoms with E-state index in [1.807, 2.05) is 17.9 Å². The Balaban J connectivity index is 1.93. The van der Waals surface area contributed by atoms with Gasteiger partial charge in [-0.2, -0.15) is 5.10 Å². The van der Waals surface area contributed by atoms with Gasteiger partial charge < -0.3 is 10.1 Å². The van der Waals surface area contributed by atoms with E-state index in [-0.39, 0.29) is 0 Å². The largest absolute Gasteiger partial charge is 0.383 e. The van der Waals surface area contributed by atoms with Gasteiger partial charge >= 0.3 is 0 Å². The number of aryl methyl sites for hydroxylation is 2. The highest BCUT2D eigenvalue weighted by Crippen LogP contribution is 2.21. The van der Waals surface area contributed by atoms with Crippen molar-refractivity contribution in [2.75, 3.05) is 26.8 Å². The van der Waals surface area contributed by atoms with Crippen LogP contribution in [0.2, 0.25) is 0 Å². The van der Waals surface area contributed by atoms with Crippen molar-refractivity contribution in [1.29, 1.82) is 0 Å². The minimum absolute atomic E-state index is 0.512. The van der Waals surface area contributed by atoms with Crippen molar-refractivity contribution in [1.82, 2.24) is 15.1 Å². The molecule has 114 valence electrons. The number of ether oxygens (including phenoxy) is 1. The summed E-state index contributed by atoms with van der Waals surface area (Å²) in [6, 6.07) is 12.8. The first-order chi connectivity index (χ1) is 10.3. The molecule has 0 aliphatic heterocycles. The van der Waals surface area contributed by atoms with Crippen LogP contribution in [0.4, 0.5) is 0 Å². The van der Waals surface area contributed by atoms with Gasteiger partial charge in [-0.05, 0) is 30.4 Å². The molecule has 0 saturated carbocycles. The molecule has 1 unspecified atom stereocenters. The van der Waals surface area contributed by atoms with Gasteiger partial charge in [-0.25, -0.2) is 0 Å². The molecule has 1 aromatic carbocycles. The third-order valence-corrected chi connectivity index (χ3v) is 3.82. The average Bonchev–Trinajstić information content (AvgIpc) is 2.93. The van der Waals surface area contributed by atoms with Crippen LogP contribution in [0.15, 0.2) is 42.6 Å². The van der Waals surface area contributed by atoms with Gasteiger partial charge in [0.25, 0.3) is 0 Å². The topological polar surface area (TPSA) is 39.1 Å². The molecule has 0 saturated heterocycles. The fraction of sp³-hybridized carbons (Fsp3) is 0.471. The summed E-state index contributed by atoms with van der Waals surface area (Å²) in [5, 5.41) is 7.72. The summed E-state index contributed by atoms with van der Waals surface area (Å²) in [5.74, 6) is 0.512. The first-order valence-electron chi connectivity index (χ1n) is 7.52. The van der Waals surface area contributed by atoms with Crippen LogP contribution in [0.5, 0.6) is 0 Å². The standard InChI is InChI=1S/C17H25N3O/c1-20-17(10-11-19-20)9-8-16(14-18-12-13-21-2)15-6-4-3-5-7-15/h3-7,10-11,16,18H,8-9,12-14H2,1-2H3. The van der Waals surface area contributed by atoms with Crippen LogP contribution in [0, 0.1) is 0 Å². The van der Waals surface area contributed by atoms with E-state index in [4.69, 9.17) is 4.74 Å². The monoisotopic (exact) mass is 287 g/mol. The lowest BCUT2D eigenvalue weighted by Crippen LogP contribution is -2.25. The minimum Gasteiger partial charge on any atom is -0.383 e. The van der Waals surface area contributed by atoms with Gasteiger partial charge in [-0.3, -0.25) is 4.68 Å². The Hall–Kier alpha value is -1.65. The molecule has 1 atom stereocenters. The molecular weight excluding hydrogens is 262 g/mol. The molecule has 4 nitrogen and oxygen atoms in total. The van der Waals surface area contributed by atoms with E-state index < -0.39 is 0 Å². The molecule has 0 amide bonds. The molecule has 1 heterocycles. The predicted molar refractivity (Wildman–Crippen MR) is 85.5 cm³/mol. The van der Waals surface area contributed by atoms with Gasteiger partial charge in [0.2, 0.25) is 0 Å². The van der Waals surface area contributed by atoms with Crippen molar-refractivity contribution in [2.24, 2.45) is 7.05 Å². The maximum Gasteiger partial charge on any atom is 0.0587 e. The van der Waals surface area contributed by atoms with Crippen molar-refractivity contribution in [3.8, 4) is 0 Å². The minimum atomic E-state index is 0.512. The Labute approximate surface area is 127 Å². The van der Waals surface area contributed by atoms with E-state index in [0.29, 0.717) is 5.92 Å². The van der Waals surface area contributed by atoms with Crippen LogP contribution < -0.4 is 5.32 Å². The van der Waals surface area contributed by atoms with Crippen molar-refractivity contribution >= 4 is 0 Å². The smallest absolute Gasteiger partial charge is 0.0587 e. The Bertz CT molecular complexity index is 510. The maximum atomic E-state index is 5.09. The normalized spacial score (nSPS) is 12.5. The first-order valence-corrected chi connectivity index (χ1v) is 7.52. The number of nitrogens with zero attached hydrogens (tertiary/aromatic N) is 2. The zero-order chi connectivity index (χ0) is 14.9. The molecule has 0 aliphatic rings. The number of rotatable bonds is 9. The summed E-state index contributed by atoms with van der Waals surface area (Å²) < 4.78 is 7.05. The number of nitrogens with one attached hydrogen (secondary N) is 1. The van der Waals surface area contributed by atoms with Gasteiger partial charge in [0.1, 0.15) is 0 Å². The molecule has 2 aromatic rings. The molecule has 1 N–H and O–H groups in total. The van der Waals surface area contributed by atoms with Crippen LogP contribution >= 0.6 is 0 Å². The Morgan fingerprint density at radius 1 is 1.24 bits per heavy atom. The molecule has 2 rings (SSSR count). The third kappa shape index (κ3) is 4.99. The second kappa shape index (κ2) is 8.60. The highest BCUT2D eigenvalue weighted by molar-refractivity contribution is 5.20. The quantitative estimate of drug-likeness (QED) is 0.720. The molecule has 4 heteroatoms. The van der Waals surface area contributed by atoms with Gasteiger partial charge in [0.15, 0.2) is 0 Å². The Kier molecular flexibility index (Phi) is 6.44. The molecular formula is C17H25N3O. The Morgan fingerprint density at radius 3 is 2.71 bits per heavy atom. The lowest BCUT2D eigenvalue weighted by atomic mass is 9.93. The van der Waals surface area contributed by atoms with Crippen molar-refractivity contribution in [3.05, 3.63) is 53.9 Å². The van der Waals surface area contributed by atoms with E-state index >= 15 is 0 Å². The zero-order valence-electron chi connectivity index (χ0n) is 13.0. The van der Waals surface area contributed by atoms with Crippen LogP contribution in [-0.4, -0.2) is 36.6 Å². The molecule has 1 aromatic heterocycles. The van der Waals surface area contributed by atoms with E-state index in [2.05, 4.69) is 46.8 Å². The SMILES string of the molecule is COCCNCC(CCc1ccnn1C)c1ccccc1. The predicted octanol–water partition coefficient (Wildman–Crippen LogP) is 2.37. The third-order valence-electron chi connectivity index (χ3n) is 3.82. The van der Waals surface area contributed by atoms with Crippen molar-refractivity contribution in [2.45, 2.75) is 18.8 Å². The number of benzene rings is 1. The van der Waals surface area contributed by atoms with Gasteiger partial charge in [0.05, 0.1) is 6.61 Å². The van der Waals surface area contributed by atoms with Crippen molar-refractivity contribution < 1.29 is 4.74 Å². The molecule has 0 spiro atoms. The first kappa shape index (κ1) is 15.7. The van der Waals surface area contributed by atoms with Gasteiger partial charge in [-0.15, -0.1) is 0 Å². The van der Waals surface area contributed by atoms with Crippen LogP contribution in [0.3, 0.4) is 0 Å². The molecule has 0 bridgehead atoms. The second-order valence-corrected chi connectivity index (χ2v) is 5.29. The van der Waals surface area contributed by atoms with Crippen LogP contribution in [0.1, 0.15) is 23.6 Å². The molecule has 0 radical (unpaired) electrons. The maximum absolute atomic E-state index is 5.09. The fourth-order valence-corrected chi connectivity index (χ4v) is 2.53. The van der Waals surface area contributed by atoms with Crippen molar-refractivity contribution in [3.63, 3.8) is 0 Å². The average molecular weight is 287 g/mol. The lowest BCUT2D eigenvalue weighted by Gasteiger charge is -2.18. The molecule has 0 fully saturated rings. The summed E-state index contributed by atoms with van der Waals surface area (Å²) in [6.45, 7) is 2.63. The summed E-state index contributed by atoms with van der Waals surface area (Å²) in [7, 11) is 3.74. The van der Waals surface area contributed by atoms with Crippen LogP contribution in [-0.2, 0) is 18.2 Å². The van der Waals surface area contributed by atoms with Gasteiger partial charge in [0, 0.05) is 39.1 Å². The number of methoxy groups -OCH3 is 1. The summed E-state index contributed by atoms with van der Waals surface area (Å²) >= 11 is 0. The highest BCUT2D eigenvalue weighted by atomic mass is 16.5. The van der Waals surface area contributed by atoms with E-state index in [1.165, 1.54) is 11.3 Å². The number of aromatic nitrogens is 2. The van der Waals surface area contributed by atoms with E-state index in [1.54, 1.807) is 7.11 Å². The van der Waals surface area contributed by atoms with E-state index in [0.717, 1.165) is 32.5 Å². The summed E-state index contributed by atoms with van der Waals surface area (Å²) in [4.78, 5) is 0. The highest BCUT2D eigenvalue weighted by Gasteiger charge is 2.12. The zero-order valence-corrected chi connectivity index (χ0v) is 13.0. The summed E-state index contributed by atoms with van der Waals surface area (Å²) in [6.07, 6.45) is 4.02. The number of hydrogen-bond acceptors (Lipinski definition) is 3. The van der Waals surface area contributed by atoms with Crippen LogP contribution in [0.25, 0.3) is 0 Å². The molecule has 21 heavy (non-hydrogen) atoms. The molecule has 0 aliphatic carbocycles.